The zero-order valence-corrected chi connectivity index (χ0v) is 17.7. The molecule has 30 heavy (non-hydrogen) atoms. The van der Waals surface area contributed by atoms with E-state index in [1.165, 1.54) is 11.1 Å². The third kappa shape index (κ3) is 5.60. The van der Waals surface area contributed by atoms with Crippen molar-refractivity contribution in [1.82, 2.24) is 5.32 Å². The third-order valence-electron chi connectivity index (χ3n) is 5.09. The molecule has 3 rings (SSSR count). The first-order valence-electron chi connectivity index (χ1n) is 10.2. The molecule has 6 heteroatoms. The number of benzene rings is 2. The van der Waals surface area contributed by atoms with Crippen molar-refractivity contribution in [1.29, 1.82) is 0 Å². The summed E-state index contributed by atoms with van der Waals surface area (Å²) in [5.74, 6) is -0.934. The molecule has 2 aromatic rings. The maximum atomic E-state index is 12.5. The summed E-state index contributed by atoms with van der Waals surface area (Å²) in [5, 5.41) is 11.7. The number of carbonyl (C=O) groups is 2. The number of hydrogen-bond donors (Lipinski definition) is 2. The van der Waals surface area contributed by atoms with E-state index in [0.717, 1.165) is 11.1 Å². The molecule has 1 aliphatic rings. The lowest BCUT2D eigenvalue weighted by Crippen LogP contribution is -2.41. The van der Waals surface area contributed by atoms with Gasteiger partial charge in [0.05, 0.1) is 18.2 Å². The van der Waals surface area contributed by atoms with Gasteiger partial charge in [0.2, 0.25) is 0 Å². The smallest absolute Gasteiger partial charge is 0.407 e. The van der Waals surface area contributed by atoms with Gasteiger partial charge in [-0.15, -0.1) is 0 Å². The number of amides is 1. The molecule has 0 spiro atoms. The molecule has 1 aliphatic carbocycles. The van der Waals surface area contributed by atoms with Gasteiger partial charge in [0.1, 0.15) is 6.61 Å². The van der Waals surface area contributed by atoms with Gasteiger partial charge in [-0.05, 0) is 49.4 Å². The van der Waals surface area contributed by atoms with Crippen molar-refractivity contribution in [3.05, 3.63) is 59.7 Å². The highest BCUT2D eigenvalue weighted by Gasteiger charge is 2.29. The van der Waals surface area contributed by atoms with E-state index in [0.29, 0.717) is 0 Å². The van der Waals surface area contributed by atoms with Crippen LogP contribution >= 0.6 is 0 Å². The summed E-state index contributed by atoms with van der Waals surface area (Å²) in [7, 11) is 0. The summed E-state index contributed by atoms with van der Waals surface area (Å²) in [6, 6.07) is 15.9. The molecule has 160 valence electrons. The Kier molecular flexibility index (Phi) is 6.77. The van der Waals surface area contributed by atoms with Gasteiger partial charge in [-0.3, -0.25) is 4.79 Å². The van der Waals surface area contributed by atoms with E-state index in [4.69, 9.17) is 14.6 Å². The molecule has 0 unspecified atom stereocenters. The van der Waals surface area contributed by atoms with Crippen LogP contribution in [0.15, 0.2) is 48.5 Å². The summed E-state index contributed by atoms with van der Waals surface area (Å²) >= 11 is 0. The molecule has 1 amide bonds. The predicted molar refractivity (Wildman–Crippen MR) is 115 cm³/mol. The van der Waals surface area contributed by atoms with Crippen LogP contribution in [0.5, 0.6) is 0 Å². The first-order chi connectivity index (χ1) is 14.2. The zero-order valence-electron chi connectivity index (χ0n) is 17.7. The fraction of sp³-hybridized carbons (Fsp3) is 0.417. The van der Waals surface area contributed by atoms with E-state index < -0.39 is 18.1 Å². The number of carboxylic acid groups (broad SMARTS) is 1. The molecule has 1 atom stereocenters. The van der Waals surface area contributed by atoms with Crippen LogP contribution < -0.4 is 5.32 Å². The Bertz CT molecular complexity index is 857. The van der Waals surface area contributed by atoms with Gasteiger partial charge in [0, 0.05) is 12.3 Å². The lowest BCUT2D eigenvalue weighted by molar-refractivity contribution is -0.137. The molecule has 0 aliphatic heterocycles. The Balaban J connectivity index is 1.63. The largest absolute Gasteiger partial charge is 0.481 e. The molecular formula is C24H29NO5. The van der Waals surface area contributed by atoms with E-state index in [-0.39, 0.29) is 37.6 Å². The summed E-state index contributed by atoms with van der Waals surface area (Å²) in [5.41, 5.74) is 4.24. The summed E-state index contributed by atoms with van der Waals surface area (Å²) < 4.78 is 11.3. The number of carboxylic acids is 1. The molecule has 2 aromatic carbocycles. The van der Waals surface area contributed by atoms with E-state index in [9.17, 15) is 9.59 Å². The summed E-state index contributed by atoms with van der Waals surface area (Å²) in [6.45, 7) is 6.17. The van der Waals surface area contributed by atoms with E-state index in [2.05, 4.69) is 29.6 Å². The van der Waals surface area contributed by atoms with Crippen LogP contribution in [-0.4, -0.2) is 42.0 Å². The fourth-order valence-corrected chi connectivity index (χ4v) is 3.65. The minimum Gasteiger partial charge on any atom is -0.481 e. The molecule has 2 N–H and O–H groups in total. The third-order valence-corrected chi connectivity index (χ3v) is 5.09. The topological polar surface area (TPSA) is 84.9 Å². The van der Waals surface area contributed by atoms with Crippen molar-refractivity contribution in [2.75, 3.05) is 13.2 Å². The lowest BCUT2D eigenvalue weighted by Gasteiger charge is -2.25. The quantitative estimate of drug-likeness (QED) is 0.664. The number of hydrogen-bond acceptors (Lipinski definition) is 4. The lowest BCUT2D eigenvalue weighted by atomic mass is 9.98. The molecule has 0 saturated carbocycles. The molecule has 0 saturated heterocycles. The minimum atomic E-state index is -0.912. The Morgan fingerprint density at radius 1 is 1.03 bits per heavy atom. The van der Waals surface area contributed by atoms with E-state index >= 15 is 0 Å². The van der Waals surface area contributed by atoms with Crippen molar-refractivity contribution in [2.45, 2.75) is 51.2 Å². The molecule has 0 aromatic heterocycles. The Morgan fingerprint density at radius 3 is 2.13 bits per heavy atom. The normalized spacial score (nSPS) is 14.0. The zero-order chi connectivity index (χ0) is 21.7. The van der Waals surface area contributed by atoms with Gasteiger partial charge in [-0.1, -0.05) is 48.5 Å². The molecule has 0 radical (unpaired) electrons. The highest BCUT2D eigenvalue weighted by atomic mass is 16.5. The van der Waals surface area contributed by atoms with Crippen molar-refractivity contribution in [2.24, 2.45) is 0 Å². The number of carbonyl (C=O) groups excluding carboxylic acids is 1. The number of rotatable bonds is 8. The van der Waals surface area contributed by atoms with Crippen LogP contribution in [0.1, 0.15) is 50.7 Å². The number of fused-ring (bicyclic) bond motifs is 3. The molecule has 6 nitrogen and oxygen atoms in total. The van der Waals surface area contributed by atoms with Crippen LogP contribution in [0.4, 0.5) is 4.79 Å². The predicted octanol–water partition coefficient (Wildman–Crippen LogP) is 4.57. The van der Waals surface area contributed by atoms with E-state index in [1.807, 2.05) is 45.0 Å². The Morgan fingerprint density at radius 2 is 1.60 bits per heavy atom. The van der Waals surface area contributed by atoms with Crippen LogP contribution in [0.2, 0.25) is 0 Å². The molecular weight excluding hydrogens is 382 g/mol. The standard InChI is InChI=1S/C24H29NO5/c1-24(2,3)30-14-16(12-13-22(26)27)25-23(28)29-15-21-19-10-6-4-8-17(19)18-9-5-7-11-20(18)21/h4-11,16,21H,12-15H2,1-3H3,(H,25,28)(H,26,27)/t16-/m0/s1. The fourth-order valence-electron chi connectivity index (χ4n) is 3.65. The average molecular weight is 411 g/mol. The monoisotopic (exact) mass is 411 g/mol. The Hall–Kier alpha value is -2.86. The highest BCUT2D eigenvalue weighted by molar-refractivity contribution is 5.79. The van der Waals surface area contributed by atoms with Crippen LogP contribution in [0.3, 0.4) is 0 Å². The molecule has 0 bridgehead atoms. The van der Waals surface area contributed by atoms with Gasteiger partial charge in [-0.25, -0.2) is 4.79 Å². The van der Waals surface area contributed by atoms with Gasteiger partial charge in [0.25, 0.3) is 0 Å². The highest BCUT2D eigenvalue weighted by Crippen LogP contribution is 2.44. The van der Waals surface area contributed by atoms with Crippen LogP contribution in [-0.2, 0) is 14.3 Å². The van der Waals surface area contributed by atoms with Gasteiger partial charge in [-0.2, -0.15) is 0 Å². The van der Waals surface area contributed by atoms with Crippen LogP contribution in [0, 0.1) is 0 Å². The minimum absolute atomic E-state index is 0.0218. The van der Waals surface area contributed by atoms with Gasteiger partial charge >= 0.3 is 12.1 Å². The second-order valence-corrected chi connectivity index (χ2v) is 8.52. The molecule has 0 fully saturated rings. The second kappa shape index (κ2) is 9.30. The molecule has 0 heterocycles. The number of ether oxygens (including phenoxy) is 2. The number of alkyl carbamates (subject to hydrolysis) is 1. The van der Waals surface area contributed by atoms with Crippen molar-refractivity contribution in [3.8, 4) is 11.1 Å². The van der Waals surface area contributed by atoms with Crippen molar-refractivity contribution < 1.29 is 24.2 Å². The maximum absolute atomic E-state index is 12.5. The first kappa shape index (κ1) is 21.8. The van der Waals surface area contributed by atoms with Gasteiger partial charge in [0.15, 0.2) is 0 Å². The van der Waals surface area contributed by atoms with Crippen molar-refractivity contribution in [3.63, 3.8) is 0 Å². The number of nitrogens with one attached hydrogen (secondary N) is 1. The van der Waals surface area contributed by atoms with Crippen molar-refractivity contribution >= 4 is 12.1 Å². The summed E-state index contributed by atoms with van der Waals surface area (Å²) in [4.78, 5) is 23.4. The van der Waals surface area contributed by atoms with E-state index in [1.54, 1.807) is 0 Å². The second-order valence-electron chi connectivity index (χ2n) is 8.52. The number of aliphatic carboxylic acids is 1. The SMILES string of the molecule is CC(C)(C)OC[C@H](CCC(=O)O)NC(=O)OCC1c2ccccc2-c2ccccc21. The first-order valence-corrected chi connectivity index (χ1v) is 10.2. The average Bonchev–Trinajstić information content (AvgIpc) is 3.01. The van der Waals surface area contributed by atoms with Crippen LogP contribution in [0.25, 0.3) is 11.1 Å². The maximum Gasteiger partial charge on any atom is 0.407 e. The van der Waals surface area contributed by atoms with Gasteiger partial charge < -0.3 is 19.9 Å². The summed E-state index contributed by atoms with van der Waals surface area (Å²) in [6.07, 6.45) is -0.345. The Labute approximate surface area is 177 Å².